The van der Waals surface area contributed by atoms with Gasteiger partial charge in [0.2, 0.25) is 0 Å². The van der Waals surface area contributed by atoms with E-state index >= 15 is 0 Å². The zero-order valence-electron chi connectivity index (χ0n) is 15.5. The number of primary amides is 1. The number of benzene rings is 1. The van der Waals surface area contributed by atoms with Crippen molar-refractivity contribution < 1.29 is 9.59 Å². The molecule has 0 saturated heterocycles. The van der Waals surface area contributed by atoms with E-state index in [1.54, 1.807) is 25.2 Å². The molecule has 0 aliphatic carbocycles. The van der Waals surface area contributed by atoms with Crippen LogP contribution in [0.1, 0.15) is 20.7 Å². The van der Waals surface area contributed by atoms with Gasteiger partial charge in [-0.1, -0.05) is 12.1 Å². The molecular formula is C20H17N7O2. The lowest BCUT2D eigenvalue weighted by Gasteiger charge is -2.11. The van der Waals surface area contributed by atoms with Gasteiger partial charge in [0.15, 0.2) is 11.9 Å². The van der Waals surface area contributed by atoms with E-state index in [1.165, 1.54) is 16.9 Å². The van der Waals surface area contributed by atoms with Gasteiger partial charge in [0.05, 0.1) is 11.9 Å². The number of hydrogen-bond acceptors (Lipinski definition) is 7. The summed E-state index contributed by atoms with van der Waals surface area (Å²) in [6, 6.07) is 12.9. The Morgan fingerprint density at radius 3 is 2.72 bits per heavy atom. The molecule has 9 heteroatoms. The molecule has 0 aliphatic rings. The number of hydrogen-bond donors (Lipinski definition) is 3. The van der Waals surface area contributed by atoms with Crippen molar-refractivity contribution in [3.8, 4) is 11.3 Å². The summed E-state index contributed by atoms with van der Waals surface area (Å²) in [5.74, 6) is 0.567. The first-order chi connectivity index (χ1) is 14.1. The fraction of sp³-hybridized carbons (Fsp3) is 0.0500. The zero-order chi connectivity index (χ0) is 20.4. The number of nitrogens with zero attached hydrogens (tertiary/aromatic N) is 4. The SMILES string of the molecule is CNc1cc(Nc2cccc(-c3ccc(C=O)cn3)c2)nc2c(C(N)=O)cnn12. The normalized spacial score (nSPS) is 10.7. The molecular weight excluding hydrogens is 370 g/mol. The van der Waals surface area contributed by atoms with Crippen LogP contribution in [0.15, 0.2) is 54.9 Å². The lowest BCUT2D eigenvalue weighted by Crippen LogP contribution is -2.12. The second-order valence-electron chi connectivity index (χ2n) is 6.23. The van der Waals surface area contributed by atoms with E-state index in [0.29, 0.717) is 22.8 Å². The maximum atomic E-state index is 11.7. The molecule has 4 aromatic rings. The summed E-state index contributed by atoms with van der Waals surface area (Å²) in [7, 11) is 1.75. The Hall–Kier alpha value is -4.27. The van der Waals surface area contributed by atoms with Crippen LogP contribution in [0.3, 0.4) is 0 Å². The number of nitrogens with two attached hydrogens (primary N) is 1. The van der Waals surface area contributed by atoms with Crippen molar-refractivity contribution in [2.24, 2.45) is 5.73 Å². The molecule has 4 rings (SSSR count). The highest BCUT2D eigenvalue weighted by Gasteiger charge is 2.15. The number of fused-ring (bicyclic) bond motifs is 1. The summed E-state index contributed by atoms with van der Waals surface area (Å²) >= 11 is 0. The first kappa shape index (κ1) is 18.1. The maximum absolute atomic E-state index is 11.7. The zero-order valence-corrected chi connectivity index (χ0v) is 15.5. The highest BCUT2D eigenvalue weighted by atomic mass is 16.1. The number of carbonyl (C=O) groups excluding carboxylic acids is 2. The molecule has 1 aromatic carbocycles. The fourth-order valence-corrected chi connectivity index (χ4v) is 2.93. The van der Waals surface area contributed by atoms with Crippen LogP contribution in [0.25, 0.3) is 16.9 Å². The van der Waals surface area contributed by atoms with Crippen LogP contribution in [-0.2, 0) is 0 Å². The van der Waals surface area contributed by atoms with Gasteiger partial charge >= 0.3 is 0 Å². The molecule has 4 N–H and O–H groups in total. The standard InChI is InChI=1S/C20H17N7O2/c1-22-18-8-17(26-20-15(19(21)29)10-24-27(18)20)25-14-4-2-3-13(7-14)16-6-5-12(11-28)9-23-16/h2-11,22H,1H3,(H2,21,29)(H,25,26). The minimum Gasteiger partial charge on any atom is -0.373 e. The van der Waals surface area contributed by atoms with Gasteiger partial charge in [-0.05, 0) is 24.3 Å². The largest absolute Gasteiger partial charge is 0.373 e. The summed E-state index contributed by atoms with van der Waals surface area (Å²) in [6.07, 6.45) is 3.68. The number of anilines is 3. The van der Waals surface area contributed by atoms with Crippen LogP contribution in [0.2, 0.25) is 0 Å². The van der Waals surface area contributed by atoms with Crippen molar-refractivity contribution in [3.63, 3.8) is 0 Å². The second-order valence-corrected chi connectivity index (χ2v) is 6.23. The Morgan fingerprint density at radius 1 is 1.17 bits per heavy atom. The van der Waals surface area contributed by atoms with Crippen molar-refractivity contribution >= 4 is 35.2 Å². The van der Waals surface area contributed by atoms with Crippen molar-refractivity contribution in [2.45, 2.75) is 0 Å². The average molecular weight is 387 g/mol. The third kappa shape index (κ3) is 3.48. The Morgan fingerprint density at radius 2 is 2.03 bits per heavy atom. The van der Waals surface area contributed by atoms with E-state index in [9.17, 15) is 9.59 Å². The van der Waals surface area contributed by atoms with E-state index in [4.69, 9.17) is 5.73 Å². The highest BCUT2D eigenvalue weighted by Crippen LogP contribution is 2.25. The molecule has 0 aliphatic heterocycles. The van der Waals surface area contributed by atoms with Crippen molar-refractivity contribution in [2.75, 3.05) is 17.7 Å². The van der Waals surface area contributed by atoms with E-state index in [1.807, 2.05) is 24.3 Å². The molecule has 0 spiro atoms. The van der Waals surface area contributed by atoms with Gasteiger partial charge in [-0.2, -0.15) is 9.61 Å². The number of amides is 1. The molecule has 0 radical (unpaired) electrons. The van der Waals surface area contributed by atoms with Crippen LogP contribution < -0.4 is 16.4 Å². The van der Waals surface area contributed by atoms with Crippen LogP contribution in [-0.4, -0.2) is 38.8 Å². The van der Waals surface area contributed by atoms with Crippen LogP contribution in [0.4, 0.5) is 17.3 Å². The molecule has 29 heavy (non-hydrogen) atoms. The Kier molecular flexibility index (Phi) is 4.62. The molecule has 0 unspecified atom stereocenters. The van der Waals surface area contributed by atoms with Crippen LogP contribution >= 0.6 is 0 Å². The van der Waals surface area contributed by atoms with Gasteiger partial charge in [-0.15, -0.1) is 0 Å². The Balaban J connectivity index is 1.70. The summed E-state index contributed by atoms with van der Waals surface area (Å²) in [5.41, 5.74) is 8.93. The monoisotopic (exact) mass is 387 g/mol. The van der Waals surface area contributed by atoms with E-state index < -0.39 is 5.91 Å². The van der Waals surface area contributed by atoms with E-state index in [2.05, 4.69) is 25.7 Å². The minimum atomic E-state index is -0.599. The molecule has 3 heterocycles. The van der Waals surface area contributed by atoms with E-state index in [-0.39, 0.29) is 5.56 Å². The van der Waals surface area contributed by atoms with Gasteiger partial charge in [-0.25, -0.2) is 4.98 Å². The molecule has 0 fully saturated rings. The number of aldehydes is 1. The van der Waals surface area contributed by atoms with Gasteiger partial charge in [-0.3, -0.25) is 14.6 Å². The molecule has 9 nitrogen and oxygen atoms in total. The first-order valence-corrected chi connectivity index (χ1v) is 8.74. The summed E-state index contributed by atoms with van der Waals surface area (Å²) in [6.45, 7) is 0. The Labute approximate surface area is 165 Å². The number of rotatable bonds is 6. The second kappa shape index (κ2) is 7.39. The van der Waals surface area contributed by atoms with Gasteiger partial charge in [0.1, 0.15) is 17.2 Å². The molecule has 0 atom stereocenters. The Bertz CT molecular complexity index is 1220. The third-order valence-corrected chi connectivity index (χ3v) is 4.35. The quantitative estimate of drug-likeness (QED) is 0.434. The number of nitrogens with one attached hydrogen (secondary N) is 2. The van der Waals surface area contributed by atoms with Crippen molar-refractivity contribution in [1.29, 1.82) is 0 Å². The number of pyridine rings is 1. The smallest absolute Gasteiger partial charge is 0.254 e. The summed E-state index contributed by atoms with van der Waals surface area (Å²) in [4.78, 5) is 31.3. The summed E-state index contributed by atoms with van der Waals surface area (Å²) < 4.78 is 1.51. The predicted octanol–water partition coefficient (Wildman–Crippen LogP) is 2.49. The van der Waals surface area contributed by atoms with Crippen LogP contribution in [0.5, 0.6) is 0 Å². The fourth-order valence-electron chi connectivity index (χ4n) is 2.93. The molecule has 3 aromatic heterocycles. The summed E-state index contributed by atoms with van der Waals surface area (Å²) in [5, 5.41) is 10.4. The highest BCUT2D eigenvalue weighted by molar-refractivity contribution is 5.99. The lowest BCUT2D eigenvalue weighted by molar-refractivity contribution is 0.100. The number of carbonyl (C=O) groups is 2. The maximum Gasteiger partial charge on any atom is 0.254 e. The van der Waals surface area contributed by atoms with E-state index in [0.717, 1.165) is 23.2 Å². The van der Waals surface area contributed by atoms with Crippen LogP contribution in [0, 0.1) is 0 Å². The minimum absolute atomic E-state index is 0.235. The van der Waals surface area contributed by atoms with Gasteiger partial charge in [0.25, 0.3) is 5.91 Å². The molecule has 0 bridgehead atoms. The molecule has 144 valence electrons. The average Bonchev–Trinajstić information content (AvgIpc) is 3.18. The molecule has 1 amide bonds. The van der Waals surface area contributed by atoms with Gasteiger partial charge in [0, 0.05) is 36.1 Å². The van der Waals surface area contributed by atoms with Crippen molar-refractivity contribution in [1.82, 2.24) is 19.6 Å². The number of aromatic nitrogens is 4. The lowest BCUT2D eigenvalue weighted by atomic mass is 10.1. The predicted molar refractivity (Wildman–Crippen MR) is 109 cm³/mol. The van der Waals surface area contributed by atoms with Crippen molar-refractivity contribution in [3.05, 3.63) is 66.0 Å². The molecule has 0 saturated carbocycles. The first-order valence-electron chi connectivity index (χ1n) is 8.74. The topological polar surface area (TPSA) is 127 Å². The third-order valence-electron chi connectivity index (χ3n) is 4.35. The van der Waals surface area contributed by atoms with Gasteiger partial charge < -0.3 is 16.4 Å².